The number of unbranched alkanes of at least 4 members (excludes halogenated alkanes) is 35. The summed E-state index contributed by atoms with van der Waals surface area (Å²) in [5.41, 5.74) is 0. The fourth-order valence-corrected chi connectivity index (χ4v) is 11.5. The van der Waals surface area contributed by atoms with Crippen LogP contribution in [0.3, 0.4) is 0 Å². The molecule has 0 amide bonds. The van der Waals surface area contributed by atoms with E-state index in [9.17, 15) is 43.2 Å². The maximum atomic E-state index is 13.0. The summed E-state index contributed by atoms with van der Waals surface area (Å²) in [5.74, 6) is -0.675. The number of esters is 4. The van der Waals surface area contributed by atoms with Crippen molar-refractivity contribution < 1.29 is 80.2 Å². The minimum Gasteiger partial charge on any atom is -0.462 e. The zero-order valence-electron chi connectivity index (χ0n) is 54.9. The Morgan fingerprint density at radius 1 is 0.318 bits per heavy atom. The lowest BCUT2D eigenvalue weighted by atomic mass is 10.0. The molecule has 2 unspecified atom stereocenters. The molecule has 0 fully saturated rings. The van der Waals surface area contributed by atoms with Crippen LogP contribution in [-0.2, 0) is 65.4 Å². The second kappa shape index (κ2) is 58.4. The van der Waals surface area contributed by atoms with Gasteiger partial charge in [0.15, 0.2) is 12.2 Å². The summed E-state index contributed by atoms with van der Waals surface area (Å²) in [6, 6.07) is 0. The summed E-state index contributed by atoms with van der Waals surface area (Å²) in [5, 5.41) is 10.5. The molecule has 5 atom stereocenters. The van der Waals surface area contributed by atoms with Crippen molar-refractivity contribution in [3.63, 3.8) is 0 Å². The topological polar surface area (TPSA) is 237 Å². The second-order valence-corrected chi connectivity index (χ2v) is 27.7. The van der Waals surface area contributed by atoms with Crippen LogP contribution in [0.1, 0.15) is 330 Å². The van der Waals surface area contributed by atoms with Crippen molar-refractivity contribution in [3.05, 3.63) is 0 Å². The van der Waals surface area contributed by atoms with E-state index in [1.54, 1.807) is 0 Å². The Bertz CT molecular complexity index is 1670. The lowest BCUT2D eigenvalue weighted by molar-refractivity contribution is -0.161. The van der Waals surface area contributed by atoms with E-state index in [1.165, 1.54) is 141 Å². The molecular weight excluding hydrogens is 1130 g/mol. The van der Waals surface area contributed by atoms with Crippen molar-refractivity contribution >= 4 is 39.5 Å². The number of carbonyl (C=O) groups is 4. The third-order valence-electron chi connectivity index (χ3n) is 15.2. The van der Waals surface area contributed by atoms with Crippen LogP contribution >= 0.6 is 15.6 Å². The number of hydrogen-bond donors (Lipinski definition) is 3. The Balaban J connectivity index is 5.23. The van der Waals surface area contributed by atoms with E-state index < -0.39 is 97.5 Å². The highest BCUT2D eigenvalue weighted by molar-refractivity contribution is 7.47. The SMILES string of the molecule is CCCCCCCCCCCCCC(=O)OC[C@H](COP(=O)(O)OC[C@@H](O)COP(=O)(O)OC[C@@H](COC(=O)CCCCCCCCC(C)C)OC(=O)CCCCCCCCCCCC)OC(=O)CCCCCCCCCCCCCCC(C)C. The minimum absolute atomic E-state index is 0.105. The summed E-state index contributed by atoms with van der Waals surface area (Å²) in [6.45, 7) is 9.43. The monoisotopic (exact) mass is 1250 g/mol. The molecule has 0 aromatic heterocycles. The first-order valence-electron chi connectivity index (χ1n) is 34.5. The predicted molar refractivity (Wildman–Crippen MR) is 340 cm³/mol. The average Bonchev–Trinajstić information content (AvgIpc) is 3.48. The van der Waals surface area contributed by atoms with Gasteiger partial charge in [0, 0.05) is 25.7 Å². The number of aliphatic hydroxyl groups is 1. The normalized spacial score (nSPS) is 14.2. The smallest absolute Gasteiger partial charge is 0.462 e. The molecular formula is C66H128O17P2. The summed E-state index contributed by atoms with van der Waals surface area (Å²) in [4.78, 5) is 72.3. The van der Waals surface area contributed by atoms with Gasteiger partial charge in [-0.3, -0.25) is 37.3 Å². The third-order valence-corrected chi connectivity index (χ3v) is 17.1. The highest BCUT2D eigenvalue weighted by atomic mass is 31.2. The molecule has 0 aliphatic rings. The molecule has 0 spiro atoms. The van der Waals surface area contributed by atoms with Crippen LogP contribution < -0.4 is 0 Å². The number of phosphoric ester groups is 2. The molecule has 0 aromatic rings. The first-order valence-corrected chi connectivity index (χ1v) is 37.5. The Kier molecular flexibility index (Phi) is 57.1. The summed E-state index contributed by atoms with van der Waals surface area (Å²) < 4.78 is 68.0. The van der Waals surface area contributed by atoms with Crippen LogP contribution in [0.2, 0.25) is 0 Å². The van der Waals surface area contributed by atoms with Gasteiger partial charge in [0.05, 0.1) is 26.4 Å². The fourth-order valence-electron chi connectivity index (χ4n) is 9.88. The second-order valence-electron chi connectivity index (χ2n) is 24.8. The van der Waals surface area contributed by atoms with Crippen molar-refractivity contribution in [2.24, 2.45) is 11.8 Å². The van der Waals surface area contributed by atoms with E-state index in [0.717, 1.165) is 102 Å². The highest BCUT2D eigenvalue weighted by Crippen LogP contribution is 2.45. The molecule has 0 rings (SSSR count). The van der Waals surface area contributed by atoms with Gasteiger partial charge in [-0.05, 0) is 37.5 Å². The lowest BCUT2D eigenvalue weighted by Gasteiger charge is -2.21. The number of ether oxygens (including phenoxy) is 4. The first kappa shape index (κ1) is 83.1. The molecule has 85 heavy (non-hydrogen) atoms. The predicted octanol–water partition coefficient (Wildman–Crippen LogP) is 18.4. The molecule has 0 heterocycles. The van der Waals surface area contributed by atoms with Gasteiger partial charge in [0.25, 0.3) is 0 Å². The van der Waals surface area contributed by atoms with Crippen LogP contribution in [0.15, 0.2) is 0 Å². The zero-order valence-corrected chi connectivity index (χ0v) is 56.7. The van der Waals surface area contributed by atoms with E-state index in [2.05, 4.69) is 41.5 Å². The number of aliphatic hydroxyl groups excluding tert-OH is 1. The number of hydrogen-bond acceptors (Lipinski definition) is 15. The van der Waals surface area contributed by atoms with E-state index in [0.29, 0.717) is 31.6 Å². The van der Waals surface area contributed by atoms with Crippen LogP contribution in [0.25, 0.3) is 0 Å². The lowest BCUT2D eigenvalue weighted by Crippen LogP contribution is -2.30. The molecule has 0 aromatic carbocycles. The third kappa shape index (κ3) is 60.7. The maximum Gasteiger partial charge on any atom is 0.472 e. The van der Waals surface area contributed by atoms with E-state index in [4.69, 9.17) is 37.0 Å². The number of carbonyl (C=O) groups excluding carboxylic acids is 4. The summed E-state index contributed by atoms with van der Waals surface area (Å²) >= 11 is 0. The van der Waals surface area contributed by atoms with E-state index in [1.807, 2.05) is 0 Å². The molecule has 19 heteroatoms. The molecule has 0 radical (unpaired) electrons. The molecule has 504 valence electrons. The van der Waals surface area contributed by atoms with Crippen molar-refractivity contribution in [2.45, 2.75) is 349 Å². The quantitative estimate of drug-likeness (QED) is 0.0222. The Labute approximate surface area is 517 Å². The van der Waals surface area contributed by atoms with Crippen molar-refractivity contribution in [1.82, 2.24) is 0 Å². The van der Waals surface area contributed by atoms with Crippen LogP contribution in [0, 0.1) is 11.8 Å². The van der Waals surface area contributed by atoms with Crippen molar-refractivity contribution in [3.8, 4) is 0 Å². The van der Waals surface area contributed by atoms with Gasteiger partial charge in [-0.25, -0.2) is 9.13 Å². The summed E-state index contributed by atoms with van der Waals surface area (Å²) in [6.07, 6.45) is 41.7. The van der Waals surface area contributed by atoms with Gasteiger partial charge < -0.3 is 33.8 Å². The fraction of sp³-hybridized carbons (Fsp3) is 0.939. The van der Waals surface area contributed by atoms with E-state index in [-0.39, 0.29) is 25.7 Å². The van der Waals surface area contributed by atoms with Crippen LogP contribution in [-0.4, -0.2) is 96.7 Å². The standard InChI is InChI=1S/C66H128O17P2/c1-7-9-11-13-15-17-21-26-29-36-42-48-63(68)76-54-61(82-66(71)51-45-39-31-27-23-20-19-22-24-28-34-40-46-58(3)4)56-80-84(72,73)78-52-60(67)53-79-85(74,75)81-57-62(55-77-64(69)49-43-37-33-32-35-41-47-59(5)6)83-65(70)50-44-38-30-25-18-16-14-12-10-8-2/h58-62,67H,7-57H2,1-6H3,(H,72,73)(H,74,75)/t60-,61-,62-/m1/s1. The van der Waals surface area contributed by atoms with Crippen LogP contribution in [0.4, 0.5) is 0 Å². The molecule has 0 bridgehead atoms. The average molecular weight is 1260 g/mol. The zero-order chi connectivity index (χ0) is 62.9. The molecule has 0 saturated heterocycles. The van der Waals surface area contributed by atoms with Crippen molar-refractivity contribution in [1.29, 1.82) is 0 Å². The Hall–Kier alpha value is -1.94. The minimum atomic E-state index is -4.95. The van der Waals surface area contributed by atoms with Gasteiger partial charge in [-0.2, -0.15) is 0 Å². The van der Waals surface area contributed by atoms with Gasteiger partial charge in [0.2, 0.25) is 0 Å². The van der Waals surface area contributed by atoms with Crippen LogP contribution in [0.5, 0.6) is 0 Å². The summed E-state index contributed by atoms with van der Waals surface area (Å²) in [7, 11) is -9.89. The molecule has 3 N–H and O–H groups in total. The van der Waals surface area contributed by atoms with Gasteiger partial charge in [-0.1, -0.05) is 279 Å². The Morgan fingerprint density at radius 2 is 0.541 bits per heavy atom. The maximum absolute atomic E-state index is 13.0. The number of phosphoric acid groups is 2. The molecule has 0 aliphatic heterocycles. The van der Waals surface area contributed by atoms with E-state index >= 15 is 0 Å². The van der Waals surface area contributed by atoms with Gasteiger partial charge in [-0.15, -0.1) is 0 Å². The van der Waals surface area contributed by atoms with Gasteiger partial charge in [0.1, 0.15) is 19.3 Å². The van der Waals surface area contributed by atoms with Crippen molar-refractivity contribution in [2.75, 3.05) is 39.6 Å². The highest BCUT2D eigenvalue weighted by Gasteiger charge is 2.30. The molecule has 0 aliphatic carbocycles. The molecule has 0 saturated carbocycles. The van der Waals surface area contributed by atoms with Gasteiger partial charge >= 0.3 is 39.5 Å². The Morgan fingerprint density at radius 3 is 0.800 bits per heavy atom. The largest absolute Gasteiger partial charge is 0.472 e. The number of rotatable bonds is 65. The first-order chi connectivity index (χ1) is 40.9. The molecule has 17 nitrogen and oxygen atoms in total.